The van der Waals surface area contributed by atoms with Crippen LogP contribution in [-0.2, 0) is 11.2 Å². The van der Waals surface area contributed by atoms with Gasteiger partial charge in [0.2, 0.25) is 0 Å². The zero-order valence-electron chi connectivity index (χ0n) is 13.1. The minimum Gasteiger partial charge on any atom is -0.426 e. The summed E-state index contributed by atoms with van der Waals surface area (Å²) in [6.45, 7) is 0. The van der Waals surface area contributed by atoms with Crippen LogP contribution >= 0.6 is 0 Å². The minimum atomic E-state index is -0.712. The molecule has 0 saturated heterocycles. The van der Waals surface area contributed by atoms with Gasteiger partial charge in [0.05, 0.1) is 6.42 Å². The maximum absolute atomic E-state index is 12.0. The molecule has 1 unspecified atom stereocenters. The van der Waals surface area contributed by atoms with Gasteiger partial charge in [-0.3, -0.25) is 4.79 Å². The second-order valence-corrected chi connectivity index (χ2v) is 5.52. The molecule has 0 aliphatic heterocycles. The first-order chi connectivity index (χ1) is 11.7. The summed E-state index contributed by atoms with van der Waals surface area (Å²) < 4.78 is 5.30. The van der Waals surface area contributed by atoms with Crippen LogP contribution < -0.4 is 4.74 Å². The van der Waals surface area contributed by atoms with Crippen LogP contribution in [0.5, 0.6) is 5.75 Å². The summed E-state index contributed by atoms with van der Waals surface area (Å²) in [6, 6.07) is 25.8. The highest BCUT2D eigenvalue weighted by Crippen LogP contribution is 2.22. The number of aliphatic hydroxyl groups excluding tert-OH is 1. The zero-order valence-corrected chi connectivity index (χ0v) is 13.1. The number of ether oxygens (including phenoxy) is 1. The molecule has 0 radical (unpaired) electrons. The Bertz CT molecular complexity index is 798. The third-order valence-corrected chi connectivity index (χ3v) is 3.71. The van der Waals surface area contributed by atoms with Crippen molar-refractivity contribution in [3.05, 3.63) is 102 Å². The predicted octanol–water partition coefficient (Wildman–Crippen LogP) is 3.92. The van der Waals surface area contributed by atoms with Crippen LogP contribution in [-0.4, -0.2) is 11.1 Å². The summed E-state index contributed by atoms with van der Waals surface area (Å²) in [4.78, 5) is 12.0. The Labute approximate surface area is 141 Å². The van der Waals surface area contributed by atoms with E-state index in [1.54, 1.807) is 12.1 Å². The molecular formula is C21H18O3. The van der Waals surface area contributed by atoms with E-state index in [4.69, 9.17) is 4.74 Å². The van der Waals surface area contributed by atoms with Gasteiger partial charge < -0.3 is 9.84 Å². The normalized spacial score (nSPS) is 11.7. The maximum Gasteiger partial charge on any atom is 0.315 e. The molecule has 0 saturated carbocycles. The highest BCUT2D eigenvalue weighted by atomic mass is 16.5. The van der Waals surface area contributed by atoms with Crippen LogP contribution in [0.1, 0.15) is 22.8 Å². The monoisotopic (exact) mass is 318 g/mol. The average molecular weight is 318 g/mol. The van der Waals surface area contributed by atoms with E-state index < -0.39 is 6.10 Å². The van der Waals surface area contributed by atoms with E-state index in [-0.39, 0.29) is 12.4 Å². The third-order valence-electron chi connectivity index (χ3n) is 3.71. The largest absolute Gasteiger partial charge is 0.426 e. The number of hydrogen-bond acceptors (Lipinski definition) is 3. The quantitative estimate of drug-likeness (QED) is 0.573. The van der Waals surface area contributed by atoms with E-state index in [2.05, 4.69) is 0 Å². The number of carbonyl (C=O) groups is 1. The zero-order chi connectivity index (χ0) is 16.8. The molecule has 0 aliphatic rings. The highest BCUT2D eigenvalue weighted by Gasteiger charge is 2.12. The van der Waals surface area contributed by atoms with E-state index in [1.165, 1.54) is 0 Å². The van der Waals surface area contributed by atoms with Crippen molar-refractivity contribution < 1.29 is 14.6 Å². The Morgan fingerprint density at radius 1 is 0.833 bits per heavy atom. The van der Waals surface area contributed by atoms with Gasteiger partial charge in [-0.25, -0.2) is 0 Å². The minimum absolute atomic E-state index is 0.157. The fraction of sp³-hybridized carbons (Fsp3) is 0.0952. The summed E-state index contributed by atoms with van der Waals surface area (Å²) in [6.07, 6.45) is -0.555. The maximum atomic E-state index is 12.0. The number of aliphatic hydroxyl groups is 1. The Morgan fingerprint density at radius 2 is 1.46 bits per heavy atom. The molecule has 0 heterocycles. The van der Waals surface area contributed by atoms with Gasteiger partial charge in [-0.15, -0.1) is 0 Å². The van der Waals surface area contributed by atoms with E-state index in [0.29, 0.717) is 5.75 Å². The molecule has 1 atom stereocenters. The van der Waals surface area contributed by atoms with Crippen molar-refractivity contribution in [1.82, 2.24) is 0 Å². The molecule has 3 heteroatoms. The first-order valence-corrected chi connectivity index (χ1v) is 7.80. The molecule has 0 aromatic heterocycles. The molecule has 3 aromatic carbocycles. The van der Waals surface area contributed by atoms with Gasteiger partial charge in [0.1, 0.15) is 11.9 Å². The molecule has 0 spiro atoms. The average Bonchev–Trinajstić information content (AvgIpc) is 2.63. The van der Waals surface area contributed by atoms with E-state index in [0.717, 1.165) is 16.7 Å². The van der Waals surface area contributed by atoms with E-state index in [1.807, 2.05) is 72.8 Å². The first kappa shape index (κ1) is 16.0. The van der Waals surface area contributed by atoms with Crippen molar-refractivity contribution in [2.24, 2.45) is 0 Å². The summed E-state index contributed by atoms with van der Waals surface area (Å²) in [5.74, 6) is 0.204. The van der Waals surface area contributed by atoms with Crippen molar-refractivity contribution in [2.75, 3.05) is 0 Å². The predicted molar refractivity (Wildman–Crippen MR) is 92.7 cm³/mol. The van der Waals surface area contributed by atoms with Crippen LogP contribution in [0.4, 0.5) is 0 Å². The number of hydrogen-bond donors (Lipinski definition) is 1. The summed E-state index contributed by atoms with van der Waals surface area (Å²) >= 11 is 0. The van der Waals surface area contributed by atoms with Crippen molar-refractivity contribution >= 4 is 5.97 Å². The lowest BCUT2D eigenvalue weighted by Gasteiger charge is -2.12. The molecule has 0 amide bonds. The number of rotatable bonds is 5. The molecule has 0 fully saturated rings. The van der Waals surface area contributed by atoms with Crippen molar-refractivity contribution in [1.29, 1.82) is 0 Å². The Balaban J connectivity index is 1.70. The van der Waals surface area contributed by atoms with Gasteiger partial charge in [-0.05, 0) is 28.8 Å². The van der Waals surface area contributed by atoms with Crippen molar-refractivity contribution in [2.45, 2.75) is 12.5 Å². The fourth-order valence-corrected chi connectivity index (χ4v) is 2.52. The van der Waals surface area contributed by atoms with Crippen LogP contribution in [0.25, 0.3) is 0 Å². The Hall–Kier alpha value is -2.91. The Kier molecular flexibility index (Phi) is 5.04. The second kappa shape index (κ2) is 7.57. The lowest BCUT2D eigenvalue weighted by molar-refractivity contribution is -0.133. The van der Waals surface area contributed by atoms with Gasteiger partial charge in [0.25, 0.3) is 0 Å². The molecule has 3 aromatic rings. The van der Waals surface area contributed by atoms with Crippen LogP contribution in [0, 0.1) is 0 Å². The van der Waals surface area contributed by atoms with Crippen molar-refractivity contribution in [3.63, 3.8) is 0 Å². The fourth-order valence-electron chi connectivity index (χ4n) is 2.52. The van der Waals surface area contributed by atoms with E-state index >= 15 is 0 Å². The summed E-state index contributed by atoms with van der Waals surface area (Å²) in [5.41, 5.74) is 2.39. The number of benzene rings is 3. The molecule has 0 bridgehead atoms. The van der Waals surface area contributed by atoms with Gasteiger partial charge in [-0.2, -0.15) is 0 Å². The molecule has 3 nitrogen and oxygen atoms in total. The molecule has 120 valence electrons. The smallest absolute Gasteiger partial charge is 0.315 e. The van der Waals surface area contributed by atoms with Gasteiger partial charge in [0, 0.05) is 0 Å². The number of carbonyl (C=O) groups excluding carboxylic acids is 1. The summed E-state index contributed by atoms with van der Waals surface area (Å²) in [5, 5.41) is 10.5. The van der Waals surface area contributed by atoms with Gasteiger partial charge >= 0.3 is 5.97 Å². The molecule has 3 rings (SSSR count). The number of para-hydroxylation sites is 1. The molecular weight excluding hydrogens is 300 g/mol. The molecule has 24 heavy (non-hydrogen) atoms. The van der Waals surface area contributed by atoms with Crippen LogP contribution in [0.15, 0.2) is 84.9 Å². The molecule has 0 aliphatic carbocycles. The number of esters is 1. The molecule has 1 N–H and O–H groups in total. The lowest BCUT2D eigenvalue weighted by atomic mass is 9.99. The van der Waals surface area contributed by atoms with Crippen molar-refractivity contribution in [3.8, 4) is 5.75 Å². The van der Waals surface area contributed by atoms with Gasteiger partial charge in [-0.1, -0.05) is 72.8 Å². The van der Waals surface area contributed by atoms with Gasteiger partial charge in [0.15, 0.2) is 0 Å². The van der Waals surface area contributed by atoms with Crippen LogP contribution in [0.2, 0.25) is 0 Å². The highest BCUT2D eigenvalue weighted by molar-refractivity contribution is 5.75. The second-order valence-electron chi connectivity index (χ2n) is 5.52. The summed E-state index contributed by atoms with van der Waals surface area (Å²) in [7, 11) is 0. The topological polar surface area (TPSA) is 46.5 Å². The lowest BCUT2D eigenvalue weighted by Crippen LogP contribution is -2.11. The Morgan fingerprint density at radius 3 is 2.17 bits per heavy atom. The third kappa shape index (κ3) is 4.09. The first-order valence-electron chi connectivity index (χ1n) is 7.80. The standard InChI is InChI=1S/C21H18O3/c22-20(24-19-12-5-2-6-13-19)15-16-8-7-11-18(14-16)21(23)17-9-3-1-4-10-17/h1-14,21,23H,15H2. The van der Waals surface area contributed by atoms with E-state index in [9.17, 15) is 9.90 Å². The SMILES string of the molecule is O=C(Cc1cccc(C(O)c2ccccc2)c1)Oc1ccccc1. The van der Waals surface area contributed by atoms with Crippen LogP contribution in [0.3, 0.4) is 0 Å².